The second-order valence-electron chi connectivity index (χ2n) is 5.21. The summed E-state index contributed by atoms with van der Waals surface area (Å²) >= 11 is 6.15. The molecule has 0 aliphatic heterocycles. The van der Waals surface area contributed by atoms with Crippen LogP contribution in [0.5, 0.6) is 5.88 Å². The molecule has 0 atom stereocenters. The molecule has 106 valence electrons. The molecule has 0 saturated heterocycles. The number of hydrogen-bond donors (Lipinski definition) is 1. The highest BCUT2D eigenvalue weighted by Gasteiger charge is 2.05. The molecule has 4 heteroatoms. The van der Waals surface area contributed by atoms with E-state index in [2.05, 4.69) is 30.7 Å². The Morgan fingerprint density at radius 2 is 2.26 bits per heavy atom. The first-order valence-corrected chi connectivity index (χ1v) is 6.99. The molecule has 3 nitrogen and oxygen atoms in total. The lowest BCUT2D eigenvalue weighted by molar-refractivity contribution is 0.309. The molecular formula is C15H23ClN2O. The average molecular weight is 283 g/mol. The molecule has 0 fully saturated rings. The van der Waals surface area contributed by atoms with Crippen molar-refractivity contribution in [1.82, 2.24) is 10.3 Å². The van der Waals surface area contributed by atoms with Crippen LogP contribution in [0.25, 0.3) is 0 Å². The number of aromatic nitrogens is 1. The molecule has 0 saturated carbocycles. The van der Waals surface area contributed by atoms with E-state index in [4.69, 9.17) is 16.3 Å². The number of rotatable bonds is 8. The van der Waals surface area contributed by atoms with Gasteiger partial charge in [0, 0.05) is 19.2 Å². The fourth-order valence-electron chi connectivity index (χ4n) is 1.49. The zero-order valence-electron chi connectivity index (χ0n) is 12.0. The average Bonchev–Trinajstić information content (AvgIpc) is 2.31. The Labute approximate surface area is 121 Å². The monoisotopic (exact) mass is 282 g/mol. The predicted molar refractivity (Wildman–Crippen MR) is 80.7 cm³/mol. The Hall–Kier alpha value is -1.06. The van der Waals surface area contributed by atoms with Gasteiger partial charge in [-0.25, -0.2) is 4.98 Å². The summed E-state index contributed by atoms with van der Waals surface area (Å²) in [5.74, 6) is 1.13. The van der Waals surface area contributed by atoms with Gasteiger partial charge in [-0.1, -0.05) is 31.0 Å². The fourth-order valence-corrected chi connectivity index (χ4v) is 1.74. The number of pyridine rings is 1. The SMILES string of the molecule is C=C(C)CCOc1ncc(CNCC(C)C)cc1Cl. The summed E-state index contributed by atoms with van der Waals surface area (Å²) in [5, 5.41) is 3.92. The first-order chi connectivity index (χ1) is 8.99. The lowest BCUT2D eigenvalue weighted by Gasteiger charge is -2.10. The molecule has 0 bridgehead atoms. The van der Waals surface area contributed by atoms with Crippen molar-refractivity contribution < 1.29 is 4.74 Å². The first-order valence-electron chi connectivity index (χ1n) is 6.61. The minimum atomic E-state index is 0.496. The van der Waals surface area contributed by atoms with Crippen LogP contribution in [0, 0.1) is 5.92 Å². The molecule has 1 aromatic rings. The number of nitrogens with one attached hydrogen (secondary N) is 1. The Morgan fingerprint density at radius 1 is 1.53 bits per heavy atom. The Morgan fingerprint density at radius 3 is 2.84 bits per heavy atom. The van der Waals surface area contributed by atoms with Crippen molar-refractivity contribution in [3.05, 3.63) is 35.0 Å². The summed E-state index contributed by atoms with van der Waals surface area (Å²) in [4.78, 5) is 4.25. The third-order valence-corrected chi connectivity index (χ3v) is 2.78. The van der Waals surface area contributed by atoms with Gasteiger partial charge in [-0.15, -0.1) is 6.58 Å². The van der Waals surface area contributed by atoms with E-state index in [1.807, 2.05) is 13.0 Å². The van der Waals surface area contributed by atoms with Crippen LogP contribution in [-0.4, -0.2) is 18.1 Å². The molecule has 0 unspecified atom stereocenters. The largest absolute Gasteiger partial charge is 0.476 e. The van der Waals surface area contributed by atoms with Crippen molar-refractivity contribution in [3.8, 4) is 5.88 Å². The fraction of sp³-hybridized carbons (Fsp3) is 0.533. The van der Waals surface area contributed by atoms with Crippen LogP contribution in [0.1, 0.15) is 32.8 Å². The summed E-state index contributed by atoms with van der Waals surface area (Å²) < 4.78 is 5.52. The van der Waals surface area contributed by atoms with Crippen LogP contribution in [0.15, 0.2) is 24.4 Å². The van der Waals surface area contributed by atoms with E-state index in [0.717, 1.165) is 30.6 Å². The molecule has 0 aliphatic carbocycles. The third-order valence-electron chi connectivity index (χ3n) is 2.51. The summed E-state index contributed by atoms with van der Waals surface area (Å²) in [6, 6.07) is 1.90. The second-order valence-corrected chi connectivity index (χ2v) is 5.62. The van der Waals surface area contributed by atoms with E-state index >= 15 is 0 Å². The van der Waals surface area contributed by atoms with Gasteiger partial charge in [0.05, 0.1) is 6.61 Å². The number of ether oxygens (including phenoxy) is 1. The molecule has 0 aliphatic rings. The molecule has 1 aromatic heterocycles. The van der Waals surface area contributed by atoms with Crippen molar-refractivity contribution >= 4 is 11.6 Å². The lowest BCUT2D eigenvalue weighted by atomic mass is 10.2. The maximum Gasteiger partial charge on any atom is 0.232 e. The van der Waals surface area contributed by atoms with Crippen LogP contribution < -0.4 is 10.1 Å². The van der Waals surface area contributed by atoms with Crippen LogP contribution in [0.2, 0.25) is 5.02 Å². The van der Waals surface area contributed by atoms with E-state index in [-0.39, 0.29) is 0 Å². The minimum absolute atomic E-state index is 0.496. The Balaban J connectivity index is 2.47. The maximum absolute atomic E-state index is 6.15. The highest BCUT2D eigenvalue weighted by atomic mass is 35.5. The molecule has 0 amide bonds. The van der Waals surface area contributed by atoms with E-state index in [9.17, 15) is 0 Å². The molecule has 19 heavy (non-hydrogen) atoms. The normalized spacial score (nSPS) is 10.8. The van der Waals surface area contributed by atoms with Gasteiger partial charge >= 0.3 is 0 Å². The molecular weight excluding hydrogens is 260 g/mol. The first kappa shape index (κ1) is 16.0. The van der Waals surface area contributed by atoms with Gasteiger partial charge in [0.1, 0.15) is 5.02 Å². The van der Waals surface area contributed by atoms with Crippen molar-refractivity contribution in [3.63, 3.8) is 0 Å². The zero-order valence-corrected chi connectivity index (χ0v) is 12.8. The standard InChI is InChI=1S/C15H23ClN2O/c1-11(2)5-6-19-15-14(16)7-13(10-18-15)9-17-8-12(3)4/h7,10,12,17H,1,5-6,8-9H2,2-4H3. The van der Waals surface area contributed by atoms with Gasteiger partial charge in [0.15, 0.2) is 0 Å². The van der Waals surface area contributed by atoms with Crippen molar-refractivity contribution in [2.24, 2.45) is 5.92 Å². The van der Waals surface area contributed by atoms with Gasteiger partial charge in [-0.05, 0) is 31.0 Å². The van der Waals surface area contributed by atoms with Gasteiger partial charge in [0.25, 0.3) is 0 Å². The smallest absolute Gasteiger partial charge is 0.232 e. The Kier molecular flexibility index (Phi) is 6.89. The summed E-state index contributed by atoms with van der Waals surface area (Å²) in [6.07, 6.45) is 2.62. The van der Waals surface area contributed by atoms with E-state index in [1.165, 1.54) is 0 Å². The lowest BCUT2D eigenvalue weighted by Crippen LogP contribution is -2.19. The zero-order chi connectivity index (χ0) is 14.3. The molecule has 0 radical (unpaired) electrons. The highest BCUT2D eigenvalue weighted by Crippen LogP contribution is 2.22. The van der Waals surface area contributed by atoms with Gasteiger partial charge in [-0.3, -0.25) is 0 Å². The van der Waals surface area contributed by atoms with Gasteiger partial charge in [-0.2, -0.15) is 0 Å². The Bertz CT molecular complexity index is 419. The summed E-state index contributed by atoms with van der Waals surface area (Å²) in [6.45, 7) is 12.5. The molecule has 1 N–H and O–H groups in total. The van der Waals surface area contributed by atoms with Crippen molar-refractivity contribution in [1.29, 1.82) is 0 Å². The van der Waals surface area contributed by atoms with Gasteiger partial charge in [0.2, 0.25) is 5.88 Å². The highest BCUT2D eigenvalue weighted by molar-refractivity contribution is 6.31. The predicted octanol–water partition coefficient (Wildman–Crippen LogP) is 3.83. The molecule has 1 heterocycles. The van der Waals surface area contributed by atoms with Gasteiger partial charge < -0.3 is 10.1 Å². The topological polar surface area (TPSA) is 34.1 Å². The maximum atomic E-state index is 6.15. The number of nitrogens with zero attached hydrogens (tertiary/aromatic N) is 1. The van der Waals surface area contributed by atoms with E-state index < -0.39 is 0 Å². The quantitative estimate of drug-likeness (QED) is 0.736. The molecule has 0 aromatic carbocycles. The third kappa shape index (κ3) is 6.60. The molecule has 0 spiro atoms. The van der Waals surface area contributed by atoms with Crippen molar-refractivity contribution in [2.75, 3.05) is 13.2 Å². The van der Waals surface area contributed by atoms with Crippen LogP contribution in [-0.2, 0) is 6.54 Å². The summed E-state index contributed by atoms with van der Waals surface area (Å²) in [5.41, 5.74) is 2.16. The molecule has 1 rings (SSSR count). The van der Waals surface area contributed by atoms with Crippen LogP contribution in [0.3, 0.4) is 0 Å². The minimum Gasteiger partial charge on any atom is -0.476 e. The summed E-state index contributed by atoms with van der Waals surface area (Å²) in [7, 11) is 0. The van der Waals surface area contributed by atoms with Crippen LogP contribution in [0.4, 0.5) is 0 Å². The number of halogens is 1. The number of hydrogen-bond acceptors (Lipinski definition) is 3. The van der Waals surface area contributed by atoms with E-state index in [0.29, 0.717) is 23.4 Å². The van der Waals surface area contributed by atoms with Crippen LogP contribution >= 0.6 is 11.6 Å². The van der Waals surface area contributed by atoms with E-state index in [1.54, 1.807) is 6.20 Å². The van der Waals surface area contributed by atoms with Crippen molar-refractivity contribution in [2.45, 2.75) is 33.7 Å². The second kappa shape index (κ2) is 8.18.